The van der Waals surface area contributed by atoms with Gasteiger partial charge in [-0.25, -0.2) is 4.98 Å². The molecule has 5 nitrogen and oxygen atoms in total. The van der Waals surface area contributed by atoms with Gasteiger partial charge in [-0.3, -0.25) is 9.20 Å². The lowest BCUT2D eigenvalue weighted by Gasteiger charge is -2.05. The van der Waals surface area contributed by atoms with E-state index in [2.05, 4.69) is 4.98 Å². The normalized spacial score (nSPS) is 16.9. The summed E-state index contributed by atoms with van der Waals surface area (Å²) in [7, 11) is 1.63. The van der Waals surface area contributed by atoms with Crippen LogP contribution in [0.15, 0.2) is 30.5 Å². The summed E-state index contributed by atoms with van der Waals surface area (Å²) in [4.78, 5) is 18.1. The highest BCUT2D eigenvalue weighted by Crippen LogP contribution is 2.40. The maximum atomic E-state index is 11.4. The number of para-hydroxylation sites is 1. The van der Waals surface area contributed by atoms with Gasteiger partial charge in [0.25, 0.3) is 0 Å². The van der Waals surface area contributed by atoms with Crippen LogP contribution >= 0.6 is 11.3 Å². The summed E-state index contributed by atoms with van der Waals surface area (Å²) < 4.78 is 7.32. The molecule has 0 radical (unpaired) electrons. The number of carboxylic acid groups (broad SMARTS) is 1. The Labute approximate surface area is 130 Å². The lowest BCUT2D eigenvalue weighted by atomic mass is 10.1. The molecule has 0 saturated heterocycles. The highest BCUT2D eigenvalue weighted by molar-refractivity contribution is 7.17. The van der Waals surface area contributed by atoms with Crippen molar-refractivity contribution in [1.82, 2.24) is 9.38 Å². The van der Waals surface area contributed by atoms with Crippen LogP contribution in [0.1, 0.15) is 22.9 Å². The molecule has 112 valence electrons. The Morgan fingerprint density at radius 1 is 1.45 bits per heavy atom. The quantitative estimate of drug-likeness (QED) is 0.806. The first-order chi connectivity index (χ1) is 10.7. The molecule has 1 aliphatic rings. The van der Waals surface area contributed by atoms with Crippen molar-refractivity contribution in [2.45, 2.75) is 18.8 Å². The van der Waals surface area contributed by atoms with Crippen molar-refractivity contribution in [3.05, 3.63) is 41.0 Å². The van der Waals surface area contributed by atoms with Gasteiger partial charge in [0.2, 0.25) is 0 Å². The smallest absolute Gasteiger partial charge is 0.312 e. The molecule has 0 spiro atoms. The zero-order valence-electron chi connectivity index (χ0n) is 11.9. The van der Waals surface area contributed by atoms with Gasteiger partial charge in [-0.1, -0.05) is 12.1 Å². The van der Waals surface area contributed by atoms with Crippen molar-refractivity contribution in [2.75, 3.05) is 7.11 Å². The maximum absolute atomic E-state index is 11.4. The van der Waals surface area contributed by atoms with E-state index in [9.17, 15) is 9.90 Å². The third-order valence-corrected chi connectivity index (χ3v) is 5.23. The van der Waals surface area contributed by atoms with Gasteiger partial charge >= 0.3 is 5.97 Å². The van der Waals surface area contributed by atoms with E-state index in [1.165, 1.54) is 0 Å². The van der Waals surface area contributed by atoms with E-state index in [-0.39, 0.29) is 0 Å². The topological polar surface area (TPSA) is 63.8 Å². The number of nitrogens with zero attached hydrogens (tertiary/aromatic N) is 2. The van der Waals surface area contributed by atoms with E-state index in [0.29, 0.717) is 6.42 Å². The number of aliphatic carboxylic acids is 1. The standard InChI is InChI=1S/C16H14N2O3S/c1-21-12-5-3-2-4-9(12)11-8-18-14-10(15(19)20)6-7-13(14)22-16(18)17-11/h2-5,8,10H,6-7H2,1H3,(H,19,20). The SMILES string of the molecule is COc1ccccc1-c1cn2c3c(sc2n1)CCC3C(=O)O. The molecule has 2 aromatic heterocycles. The molecular weight excluding hydrogens is 300 g/mol. The number of fused-ring (bicyclic) bond motifs is 3. The van der Waals surface area contributed by atoms with Gasteiger partial charge in [0.05, 0.1) is 24.4 Å². The second-order valence-electron chi connectivity index (χ2n) is 5.32. The molecular formula is C16H14N2O3S. The monoisotopic (exact) mass is 314 g/mol. The molecule has 6 heteroatoms. The van der Waals surface area contributed by atoms with Crippen molar-refractivity contribution < 1.29 is 14.6 Å². The van der Waals surface area contributed by atoms with Crippen LogP contribution in [0.5, 0.6) is 5.75 Å². The summed E-state index contributed by atoms with van der Waals surface area (Å²) in [6.45, 7) is 0. The Kier molecular flexibility index (Phi) is 2.94. The first-order valence-electron chi connectivity index (χ1n) is 7.06. The van der Waals surface area contributed by atoms with E-state index in [1.54, 1.807) is 18.4 Å². The first-order valence-corrected chi connectivity index (χ1v) is 7.87. The molecule has 22 heavy (non-hydrogen) atoms. The van der Waals surface area contributed by atoms with Crippen molar-refractivity contribution >= 4 is 22.3 Å². The number of methoxy groups -OCH3 is 1. The predicted octanol–water partition coefficient (Wildman–Crippen LogP) is 3.19. The van der Waals surface area contributed by atoms with Crippen molar-refractivity contribution in [1.29, 1.82) is 0 Å². The van der Waals surface area contributed by atoms with Crippen LogP contribution in [-0.4, -0.2) is 27.6 Å². The number of hydrogen-bond donors (Lipinski definition) is 1. The first kappa shape index (κ1) is 13.3. The fourth-order valence-corrected chi connectivity index (χ4v) is 4.26. The van der Waals surface area contributed by atoms with Crippen molar-refractivity contribution in [3.63, 3.8) is 0 Å². The molecule has 0 amide bonds. The molecule has 2 heterocycles. The van der Waals surface area contributed by atoms with E-state index in [4.69, 9.17) is 4.74 Å². The molecule has 4 rings (SSSR count). The Hall–Kier alpha value is -2.34. The number of aryl methyl sites for hydroxylation is 1. The Bertz CT molecular complexity index is 881. The highest BCUT2D eigenvalue weighted by Gasteiger charge is 2.33. The third-order valence-electron chi connectivity index (χ3n) is 4.10. The van der Waals surface area contributed by atoms with E-state index < -0.39 is 11.9 Å². The summed E-state index contributed by atoms with van der Waals surface area (Å²) in [6.07, 6.45) is 3.42. The molecule has 1 unspecified atom stereocenters. The van der Waals surface area contributed by atoms with E-state index in [1.807, 2.05) is 34.9 Å². The second kappa shape index (κ2) is 4.84. The number of aromatic nitrogens is 2. The minimum Gasteiger partial charge on any atom is -0.496 e. The molecule has 3 aromatic rings. The van der Waals surface area contributed by atoms with E-state index in [0.717, 1.165) is 39.0 Å². The van der Waals surface area contributed by atoms with Crippen LogP contribution in [-0.2, 0) is 11.2 Å². The summed E-state index contributed by atoms with van der Waals surface area (Å²) in [6, 6.07) is 7.71. The van der Waals surface area contributed by atoms with Gasteiger partial charge in [-0.05, 0) is 25.0 Å². The van der Waals surface area contributed by atoms with Crippen LogP contribution in [0.2, 0.25) is 0 Å². The molecule has 1 aliphatic carbocycles. The van der Waals surface area contributed by atoms with Gasteiger partial charge < -0.3 is 9.84 Å². The van der Waals surface area contributed by atoms with Crippen molar-refractivity contribution in [2.24, 2.45) is 0 Å². The summed E-state index contributed by atoms with van der Waals surface area (Å²) in [5.74, 6) is -0.422. The van der Waals surface area contributed by atoms with Crippen molar-refractivity contribution in [3.8, 4) is 17.0 Å². The molecule has 1 atom stereocenters. The molecule has 0 aliphatic heterocycles. The average Bonchev–Trinajstić information content (AvgIpc) is 3.16. The molecule has 0 bridgehead atoms. The Morgan fingerprint density at radius 3 is 3.05 bits per heavy atom. The molecule has 1 N–H and O–H groups in total. The predicted molar refractivity (Wildman–Crippen MR) is 83.8 cm³/mol. The number of thiazole rings is 1. The number of rotatable bonds is 3. The van der Waals surface area contributed by atoms with Gasteiger partial charge in [0.15, 0.2) is 4.96 Å². The lowest BCUT2D eigenvalue weighted by molar-refractivity contribution is -0.138. The minimum atomic E-state index is -0.758. The minimum absolute atomic E-state index is 0.427. The van der Waals surface area contributed by atoms with Gasteiger partial charge in [0, 0.05) is 16.6 Å². The van der Waals surface area contributed by atoms with Crippen LogP contribution < -0.4 is 4.74 Å². The largest absolute Gasteiger partial charge is 0.496 e. The summed E-state index contributed by atoms with van der Waals surface area (Å²) in [5, 5.41) is 9.39. The third kappa shape index (κ3) is 1.84. The van der Waals surface area contributed by atoms with E-state index >= 15 is 0 Å². The van der Waals surface area contributed by atoms with Gasteiger partial charge in [0.1, 0.15) is 5.75 Å². The number of benzene rings is 1. The Morgan fingerprint density at radius 2 is 2.27 bits per heavy atom. The van der Waals surface area contributed by atoms with Crippen LogP contribution in [0.3, 0.4) is 0 Å². The maximum Gasteiger partial charge on any atom is 0.312 e. The van der Waals surface area contributed by atoms with Gasteiger partial charge in [-0.2, -0.15) is 0 Å². The number of hydrogen-bond acceptors (Lipinski definition) is 4. The average molecular weight is 314 g/mol. The lowest BCUT2D eigenvalue weighted by Crippen LogP contribution is -2.09. The zero-order chi connectivity index (χ0) is 15.3. The summed E-state index contributed by atoms with van der Waals surface area (Å²) >= 11 is 1.58. The fourth-order valence-electron chi connectivity index (χ4n) is 3.08. The fraction of sp³-hybridized carbons (Fsp3) is 0.250. The molecule has 0 saturated carbocycles. The molecule has 0 fully saturated rings. The highest BCUT2D eigenvalue weighted by atomic mass is 32.1. The summed E-state index contributed by atoms with van der Waals surface area (Å²) in [5.41, 5.74) is 2.61. The zero-order valence-corrected chi connectivity index (χ0v) is 12.8. The van der Waals surface area contributed by atoms with Crippen LogP contribution in [0.25, 0.3) is 16.2 Å². The number of ether oxygens (including phenoxy) is 1. The number of imidazole rings is 1. The number of carbonyl (C=O) groups is 1. The van der Waals surface area contributed by atoms with Crippen LogP contribution in [0, 0.1) is 0 Å². The number of carboxylic acids is 1. The second-order valence-corrected chi connectivity index (χ2v) is 6.38. The van der Waals surface area contributed by atoms with Crippen LogP contribution in [0.4, 0.5) is 0 Å². The molecule has 1 aromatic carbocycles. The van der Waals surface area contributed by atoms with Gasteiger partial charge in [-0.15, -0.1) is 11.3 Å². The Balaban J connectivity index is 1.88.